The van der Waals surface area contributed by atoms with Crippen molar-refractivity contribution in [3.8, 4) is 11.5 Å². The van der Waals surface area contributed by atoms with Gasteiger partial charge in [0, 0.05) is 17.2 Å². The molecular weight excluding hydrogens is 418 g/mol. The van der Waals surface area contributed by atoms with E-state index >= 15 is 0 Å². The molecule has 164 valence electrons. The van der Waals surface area contributed by atoms with E-state index in [1.54, 1.807) is 38.5 Å². The second-order valence-electron chi connectivity index (χ2n) is 7.46. The van der Waals surface area contributed by atoms with E-state index in [1.165, 1.54) is 0 Å². The Morgan fingerprint density at radius 2 is 1.73 bits per heavy atom. The Hall–Kier alpha value is -4.46. The number of nitrogens with one attached hydrogen (secondary N) is 1. The summed E-state index contributed by atoms with van der Waals surface area (Å²) in [6.45, 7) is 1.86. The van der Waals surface area contributed by atoms with E-state index in [-0.39, 0.29) is 5.78 Å². The van der Waals surface area contributed by atoms with Crippen molar-refractivity contribution in [2.45, 2.75) is 6.92 Å². The molecule has 0 atom stereocenters. The third-order valence-corrected chi connectivity index (χ3v) is 5.45. The second kappa shape index (κ2) is 8.23. The minimum Gasteiger partial charge on any atom is -0.497 e. The summed E-state index contributed by atoms with van der Waals surface area (Å²) in [4.78, 5) is 17.8. The molecule has 0 radical (unpaired) electrons. The highest BCUT2D eigenvalue weighted by Crippen LogP contribution is 2.33. The molecule has 0 aliphatic carbocycles. The molecule has 5 rings (SSSR count). The van der Waals surface area contributed by atoms with Crippen LogP contribution in [0.5, 0.6) is 11.5 Å². The number of aromatic nitrogens is 4. The van der Waals surface area contributed by atoms with E-state index in [4.69, 9.17) is 14.5 Å². The van der Waals surface area contributed by atoms with Gasteiger partial charge in [0.2, 0.25) is 5.65 Å². The molecule has 0 saturated heterocycles. The molecule has 0 fully saturated rings. The van der Waals surface area contributed by atoms with E-state index in [0.717, 1.165) is 5.52 Å². The maximum absolute atomic E-state index is 13.0. The average molecular weight is 439 g/mol. The third kappa shape index (κ3) is 3.61. The highest BCUT2D eigenvalue weighted by atomic mass is 16.5. The molecule has 1 N–H and O–H groups in total. The third-order valence-electron chi connectivity index (χ3n) is 5.45. The largest absolute Gasteiger partial charge is 0.497 e. The molecule has 2 heterocycles. The van der Waals surface area contributed by atoms with Gasteiger partial charge in [-0.05, 0) is 37.3 Å². The quantitative estimate of drug-likeness (QED) is 0.387. The number of ketones is 1. The lowest BCUT2D eigenvalue weighted by atomic mass is 10.0. The minimum atomic E-state index is -0.0541. The fraction of sp³-hybridized carbons (Fsp3) is 0.120. The van der Waals surface area contributed by atoms with Gasteiger partial charge >= 0.3 is 0 Å². The molecule has 8 heteroatoms. The molecule has 33 heavy (non-hydrogen) atoms. The number of anilines is 2. The van der Waals surface area contributed by atoms with Crippen LogP contribution in [0.15, 0.2) is 66.7 Å². The van der Waals surface area contributed by atoms with Gasteiger partial charge in [-0.3, -0.25) is 9.20 Å². The number of carbonyl (C=O) groups excluding carboxylic acids is 1. The van der Waals surface area contributed by atoms with Crippen LogP contribution in [0, 0.1) is 6.92 Å². The van der Waals surface area contributed by atoms with E-state index in [0.29, 0.717) is 51.1 Å². The smallest absolute Gasteiger partial charge is 0.204 e. The lowest BCUT2D eigenvalue weighted by Gasteiger charge is -2.14. The van der Waals surface area contributed by atoms with Gasteiger partial charge in [-0.15, -0.1) is 10.2 Å². The highest BCUT2D eigenvalue weighted by molar-refractivity contribution is 6.10. The zero-order valence-electron chi connectivity index (χ0n) is 18.4. The molecule has 8 nitrogen and oxygen atoms in total. The maximum Gasteiger partial charge on any atom is 0.204 e. The van der Waals surface area contributed by atoms with Gasteiger partial charge in [0.05, 0.1) is 30.9 Å². The van der Waals surface area contributed by atoms with E-state index in [9.17, 15) is 4.79 Å². The summed E-state index contributed by atoms with van der Waals surface area (Å²) in [5, 5.41) is 11.9. The number of nitrogens with zero attached hydrogens (tertiary/aromatic N) is 4. The van der Waals surface area contributed by atoms with Gasteiger partial charge in [-0.25, -0.2) is 4.98 Å². The molecule has 0 spiro atoms. The molecule has 0 saturated carbocycles. The first-order valence-corrected chi connectivity index (χ1v) is 10.3. The number of hydrogen-bond acceptors (Lipinski definition) is 7. The van der Waals surface area contributed by atoms with Gasteiger partial charge in [-0.2, -0.15) is 0 Å². The first-order valence-electron chi connectivity index (χ1n) is 10.3. The molecule has 5 aromatic rings. The summed E-state index contributed by atoms with van der Waals surface area (Å²) in [7, 11) is 3.20. The zero-order valence-corrected chi connectivity index (χ0v) is 18.4. The maximum atomic E-state index is 13.0. The molecule has 0 bridgehead atoms. The molecule has 0 amide bonds. The van der Waals surface area contributed by atoms with Crippen molar-refractivity contribution >= 4 is 34.0 Å². The van der Waals surface area contributed by atoms with Crippen LogP contribution < -0.4 is 14.8 Å². The number of benzene rings is 3. The summed E-state index contributed by atoms with van der Waals surface area (Å²) in [6.07, 6.45) is 0. The van der Waals surface area contributed by atoms with Crippen molar-refractivity contribution in [3.63, 3.8) is 0 Å². The average Bonchev–Trinajstić information content (AvgIpc) is 3.26. The van der Waals surface area contributed by atoms with Crippen LogP contribution in [0.1, 0.15) is 21.7 Å². The molecule has 0 unspecified atom stereocenters. The Balaban J connectivity index is 1.63. The Labute approximate surface area is 189 Å². The number of aryl methyl sites for hydroxylation is 1. The molecule has 0 aliphatic rings. The number of carbonyl (C=O) groups is 1. The molecule has 0 aliphatic heterocycles. The van der Waals surface area contributed by atoms with Crippen LogP contribution in [-0.4, -0.2) is 39.6 Å². The van der Waals surface area contributed by atoms with Crippen LogP contribution in [0.2, 0.25) is 0 Å². The van der Waals surface area contributed by atoms with Crippen molar-refractivity contribution in [2.24, 2.45) is 0 Å². The molecule has 3 aromatic carbocycles. The first-order chi connectivity index (χ1) is 16.1. The van der Waals surface area contributed by atoms with Crippen molar-refractivity contribution in [2.75, 3.05) is 19.5 Å². The lowest BCUT2D eigenvalue weighted by molar-refractivity contribution is 0.103. The zero-order chi connectivity index (χ0) is 22.9. The lowest BCUT2D eigenvalue weighted by Crippen LogP contribution is -2.05. The second-order valence-corrected chi connectivity index (χ2v) is 7.46. The fourth-order valence-electron chi connectivity index (χ4n) is 3.78. The Morgan fingerprint density at radius 3 is 2.48 bits per heavy atom. The Bertz CT molecular complexity index is 1500. The summed E-state index contributed by atoms with van der Waals surface area (Å²) in [5.74, 6) is 2.44. The topological polar surface area (TPSA) is 90.6 Å². The number of hydrogen-bond donors (Lipinski definition) is 1. The van der Waals surface area contributed by atoms with Crippen LogP contribution in [-0.2, 0) is 0 Å². The number of fused-ring (bicyclic) bond motifs is 3. The van der Waals surface area contributed by atoms with Crippen LogP contribution >= 0.6 is 0 Å². The van der Waals surface area contributed by atoms with Gasteiger partial charge in [-0.1, -0.05) is 30.3 Å². The fourth-order valence-corrected chi connectivity index (χ4v) is 3.78. The first kappa shape index (κ1) is 20.4. The Morgan fingerprint density at radius 1 is 0.909 bits per heavy atom. The van der Waals surface area contributed by atoms with Crippen LogP contribution in [0.4, 0.5) is 11.5 Å². The van der Waals surface area contributed by atoms with Crippen molar-refractivity contribution < 1.29 is 14.3 Å². The molecular formula is C25H21N5O3. The monoisotopic (exact) mass is 439 g/mol. The van der Waals surface area contributed by atoms with E-state index < -0.39 is 0 Å². The van der Waals surface area contributed by atoms with Crippen LogP contribution in [0.3, 0.4) is 0 Å². The SMILES string of the molecule is COc1ccc(Nc2nc3ccc(C(=O)c4ccccc4)cc3n3c(C)nnc23)c(OC)c1. The summed E-state index contributed by atoms with van der Waals surface area (Å²) in [6, 6.07) is 20.1. The Kier molecular flexibility index (Phi) is 5.10. The van der Waals surface area contributed by atoms with Crippen LogP contribution in [0.25, 0.3) is 16.7 Å². The number of rotatable bonds is 6. The summed E-state index contributed by atoms with van der Waals surface area (Å²) < 4.78 is 12.7. The van der Waals surface area contributed by atoms with Gasteiger partial charge < -0.3 is 14.8 Å². The van der Waals surface area contributed by atoms with Crippen molar-refractivity contribution in [1.82, 2.24) is 19.6 Å². The summed E-state index contributed by atoms with van der Waals surface area (Å²) in [5.41, 5.74) is 3.91. The molecule has 2 aromatic heterocycles. The van der Waals surface area contributed by atoms with Gasteiger partial charge in [0.15, 0.2) is 11.6 Å². The van der Waals surface area contributed by atoms with Crippen molar-refractivity contribution in [1.29, 1.82) is 0 Å². The normalized spacial score (nSPS) is 11.0. The van der Waals surface area contributed by atoms with E-state index in [1.807, 2.05) is 53.8 Å². The minimum absolute atomic E-state index is 0.0541. The highest BCUT2D eigenvalue weighted by Gasteiger charge is 2.17. The van der Waals surface area contributed by atoms with Gasteiger partial charge in [0.1, 0.15) is 17.3 Å². The van der Waals surface area contributed by atoms with Gasteiger partial charge in [0.25, 0.3) is 0 Å². The standard InChI is InChI=1S/C25H21N5O3/c1-15-28-29-25-24(27-20-12-10-18(32-2)14-22(20)33-3)26-19-11-9-17(13-21(19)30(15)25)23(31)16-7-5-4-6-8-16/h4-14H,1-3H3,(H,26,27). The summed E-state index contributed by atoms with van der Waals surface area (Å²) >= 11 is 0. The van der Waals surface area contributed by atoms with Crippen molar-refractivity contribution in [3.05, 3.63) is 83.7 Å². The van der Waals surface area contributed by atoms with E-state index in [2.05, 4.69) is 15.5 Å². The number of ether oxygens (including phenoxy) is 2. The predicted octanol–water partition coefficient (Wildman–Crippen LogP) is 4.58. The predicted molar refractivity (Wildman–Crippen MR) is 126 cm³/mol. The number of methoxy groups -OCH3 is 2.